The van der Waals surface area contributed by atoms with Crippen molar-refractivity contribution < 1.29 is 9.53 Å². The third-order valence-electron chi connectivity index (χ3n) is 3.15. The lowest BCUT2D eigenvalue weighted by Gasteiger charge is -2.08. The summed E-state index contributed by atoms with van der Waals surface area (Å²) in [6.07, 6.45) is 1.31. The van der Waals surface area contributed by atoms with Crippen molar-refractivity contribution in [3.8, 4) is 5.75 Å². The molecule has 0 bridgehead atoms. The molecule has 0 spiro atoms. The molecule has 5 nitrogen and oxygen atoms in total. The van der Waals surface area contributed by atoms with Crippen molar-refractivity contribution in [3.63, 3.8) is 0 Å². The number of fused-ring (bicyclic) bond motifs is 1. The summed E-state index contributed by atoms with van der Waals surface area (Å²) in [5.41, 5.74) is 0.262. The van der Waals surface area contributed by atoms with E-state index < -0.39 is 5.97 Å². The predicted octanol–water partition coefficient (Wildman–Crippen LogP) is 3.31. The highest BCUT2D eigenvalue weighted by Crippen LogP contribution is 2.27. The van der Waals surface area contributed by atoms with E-state index >= 15 is 0 Å². The molecular formula is C16H10Cl2N2O3. The van der Waals surface area contributed by atoms with Gasteiger partial charge in [-0.2, -0.15) is 0 Å². The van der Waals surface area contributed by atoms with E-state index in [-0.39, 0.29) is 22.9 Å². The zero-order valence-electron chi connectivity index (χ0n) is 11.7. The van der Waals surface area contributed by atoms with Gasteiger partial charge in [0, 0.05) is 5.02 Å². The zero-order valence-corrected chi connectivity index (χ0v) is 13.2. The van der Waals surface area contributed by atoms with Gasteiger partial charge in [0.2, 0.25) is 0 Å². The Hall–Kier alpha value is -2.37. The Morgan fingerprint density at radius 1 is 1.17 bits per heavy atom. The fourth-order valence-electron chi connectivity index (χ4n) is 2.07. The third kappa shape index (κ3) is 3.36. The largest absolute Gasteiger partial charge is 0.424 e. The Bertz CT molecular complexity index is 953. The normalized spacial score (nSPS) is 10.7. The first-order valence-corrected chi connectivity index (χ1v) is 7.40. The molecule has 0 aliphatic heterocycles. The van der Waals surface area contributed by atoms with Gasteiger partial charge in [-0.05, 0) is 30.3 Å². The fraction of sp³-hybridized carbons (Fsp3) is 0.0625. The molecule has 0 aliphatic carbocycles. The van der Waals surface area contributed by atoms with E-state index in [0.29, 0.717) is 15.9 Å². The highest BCUT2D eigenvalue weighted by Gasteiger charge is 2.12. The van der Waals surface area contributed by atoms with Crippen molar-refractivity contribution in [1.82, 2.24) is 9.55 Å². The minimum atomic E-state index is -0.631. The lowest BCUT2D eigenvalue weighted by atomic mass is 10.2. The van der Waals surface area contributed by atoms with Crippen LogP contribution >= 0.6 is 23.2 Å². The SMILES string of the molecule is O=C(Cn1cnc2ccccc2c1=O)Oc1ccc(Cl)cc1Cl. The van der Waals surface area contributed by atoms with Gasteiger partial charge in [0.05, 0.1) is 22.3 Å². The van der Waals surface area contributed by atoms with Gasteiger partial charge in [-0.15, -0.1) is 0 Å². The van der Waals surface area contributed by atoms with E-state index in [1.54, 1.807) is 30.3 Å². The average molecular weight is 349 g/mol. The van der Waals surface area contributed by atoms with Gasteiger partial charge in [0.1, 0.15) is 12.3 Å². The summed E-state index contributed by atoms with van der Waals surface area (Å²) in [5.74, 6) is -0.448. The van der Waals surface area contributed by atoms with Gasteiger partial charge in [-0.25, -0.2) is 9.78 Å². The van der Waals surface area contributed by atoms with E-state index in [9.17, 15) is 9.59 Å². The van der Waals surface area contributed by atoms with Crippen LogP contribution in [0.25, 0.3) is 10.9 Å². The van der Waals surface area contributed by atoms with Gasteiger partial charge in [-0.1, -0.05) is 35.3 Å². The Morgan fingerprint density at radius 2 is 1.96 bits per heavy atom. The molecule has 1 heterocycles. The van der Waals surface area contributed by atoms with Crippen molar-refractivity contribution >= 4 is 40.1 Å². The number of hydrogen-bond acceptors (Lipinski definition) is 4. The summed E-state index contributed by atoms with van der Waals surface area (Å²) in [5, 5.41) is 1.09. The van der Waals surface area contributed by atoms with Gasteiger partial charge < -0.3 is 4.74 Å². The van der Waals surface area contributed by atoms with Crippen molar-refractivity contribution in [1.29, 1.82) is 0 Å². The maximum absolute atomic E-state index is 12.3. The first-order chi connectivity index (χ1) is 11.0. The lowest BCUT2D eigenvalue weighted by Crippen LogP contribution is -2.26. The number of nitrogens with zero attached hydrogens (tertiary/aromatic N) is 2. The average Bonchev–Trinajstić information content (AvgIpc) is 2.53. The van der Waals surface area contributed by atoms with Crippen LogP contribution < -0.4 is 10.3 Å². The van der Waals surface area contributed by atoms with Crippen LogP contribution in [0.3, 0.4) is 0 Å². The molecule has 0 amide bonds. The summed E-state index contributed by atoms with van der Waals surface area (Å²) in [4.78, 5) is 28.4. The highest BCUT2D eigenvalue weighted by atomic mass is 35.5. The summed E-state index contributed by atoms with van der Waals surface area (Å²) < 4.78 is 6.34. The number of hydrogen-bond donors (Lipinski definition) is 0. The summed E-state index contributed by atoms with van der Waals surface area (Å²) in [6, 6.07) is 11.4. The maximum Gasteiger partial charge on any atom is 0.331 e. The van der Waals surface area contributed by atoms with Gasteiger partial charge in [0.25, 0.3) is 5.56 Å². The quantitative estimate of drug-likeness (QED) is 0.538. The number of para-hydroxylation sites is 1. The smallest absolute Gasteiger partial charge is 0.331 e. The maximum atomic E-state index is 12.3. The Balaban J connectivity index is 1.83. The Morgan fingerprint density at radius 3 is 2.74 bits per heavy atom. The van der Waals surface area contributed by atoms with Crippen LogP contribution in [0.2, 0.25) is 10.0 Å². The Kier molecular flexibility index (Phi) is 4.32. The molecule has 1 aromatic heterocycles. The van der Waals surface area contributed by atoms with Gasteiger partial charge >= 0.3 is 5.97 Å². The molecule has 23 heavy (non-hydrogen) atoms. The summed E-state index contributed by atoms with van der Waals surface area (Å²) in [7, 11) is 0. The van der Waals surface area contributed by atoms with Crippen LogP contribution in [-0.4, -0.2) is 15.5 Å². The van der Waals surface area contributed by atoms with E-state index in [4.69, 9.17) is 27.9 Å². The number of aromatic nitrogens is 2. The first kappa shape index (κ1) is 15.5. The van der Waals surface area contributed by atoms with Crippen LogP contribution in [0.15, 0.2) is 53.6 Å². The number of rotatable bonds is 3. The van der Waals surface area contributed by atoms with Crippen molar-refractivity contribution in [2.24, 2.45) is 0 Å². The van der Waals surface area contributed by atoms with Crippen LogP contribution in [-0.2, 0) is 11.3 Å². The Labute approximate surface area is 141 Å². The number of carbonyl (C=O) groups is 1. The van der Waals surface area contributed by atoms with Crippen LogP contribution in [0, 0.1) is 0 Å². The second-order valence-corrected chi connectivity index (χ2v) is 5.59. The van der Waals surface area contributed by atoms with E-state index in [2.05, 4.69) is 4.98 Å². The van der Waals surface area contributed by atoms with Crippen molar-refractivity contribution in [3.05, 3.63) is 69.2 Å². The molecule has 0 saturated carbocycles. The van der Waals surface area contributed by atoms with Gasteiger partial charge in [-0.3, -0.25) is 9.36 Å². The lowest BCUT2D eigenvalue weighted by molar-refractivity contribution is -0.135. The molecule has 116 valence electrons. The summed E-state index contributed by atoms with van der Waals surface area (Å²) >= 11 is 11.7. The molecule has 0 fully saturated rings. The molecule has 0 atom stereocenters. The molecule has 0 saturated heterocycles. The number of esters is 1. The second-order valence-electron chi connectivity index (χ2n) is 4.74. The number of carbonyl (C=O) groups excluding carboxylic acids is 1. The molecule has 3 rings (SSSR count). The molecule has 0 radical (unpaired) electrons. The standard InChI is InChI=1S/C16H10Cl2N2O3/c17-10-5-6-14(12(18)7-10)23-15(21)8-20-9-19-13-4-2-1-3-11(13)16(20)22/h1-7,9H,8H2. The molecule has 0 N–H and O–H groups in total. The second kappa shape index (κ2) is 6.40. The monoisotopic (exact) mass is 348 g/mol. The first-order valence-electron chi connectivity index (χ1n) is 6.64. The molecule has 7 heteroatoms. The molecule has 3 aromatic rings. The van der Waals surface area contributed by atoms with E-state index in [0.717, 1.165) is 0 Å². The molecule has 0 unspecified atom stereocenters. The minimum absolute atomic E-state index is 0.183. The topological polar surface area (TPSA) is 61.2 Å². The number of halogens is 2. The summed E-state index contributed by atoms with van der Waals surface area (Å²) in [6.45, 7) is -0.268. The van der Waals surface area contributed by atoms with E-state index in [1.807, 2.05) is 0 Å². The van der Waals surface area contributed by atoms with Gasteiger partial charge in [0.15, 0.2) is 0 Å². The van der Waals surface area contributed by atoms with Crippen LogP contribution in [0.4, 0.5) is 0 Å². The van der Waals surface area contributed by atoms with Crippen molar-refractivity contribution in [2.75, 3.05) is 0 Å². The number of benzene rings is 2. The zero-order chi connectivity index (χ0) is 16.4. The van der Waals surface area contributed by atoms with Crippen molar-refractivity contribution in [2.45, 2.75) is 6.54 Å². The number of ether oxygens (including phenoxy) is 1. The van der Waals surface area contributed by atoms with Crippen LogP contribution in [0.1, 0.15) is 0 Å². The third-order valence-corrected chi connectivity index (χ3v) is 3.68. The van der Waals surface area contributed by atoms with Crippen LogP contribution in [0.5, 0.6) is 5.75 Å². The highest BCUT2D eigenvalue weighted by molar-refractivity contribution is 6.35. The predicted molar refractivity (Wildman–Crippen MR) is 88.1 cm³/mol. The fourth-order valence-corrected chi connectivity index (χ4v) is 2.52. The van der Waals surface area contributed by atoms with E-state index in [1.165, 1.54) is 23.0 Å². The minimum Gasteiger partial charge on any atom is -0.424 e. The molecule has 0 aliphatic rings. The molecular weight excluding hydrogens is 339 g/mol. The molecule has 2 aromatic carbocycles.